The molecule has 0 saturated heterocycles. The zero-order valence-corrected chi connectivity index (χ0v) is 14.6. The van der Waals surface area contributed by atoms with Gasteiger partial charge in [-0.3, -0.25) is 14.5 Å². The molecule has 0 unspecified atom stereocenters. The molecule has 0 radical (unpaired) electrons. The van der Waals surface area contributed by atoms with Crippen molar-refractivity contribution in [3.63, 3.8) is 0 Å². The second-order valence-electron chi connectivity index (χ2n) is 5.75. The van der Waals surface area contributed by atoms with E-state index in [1.54, 1.807) is 36.0 Å². The molecular weight excluding hydrogens is 314 g/mol. The van der Waals surface area contributed by atoms with Crippen molar-refractivity contribution >= 4 is 21.8 Å². The van der Waals surface area contributed by atoms with Gasteiger partial charge in [-0.2, -0.15) is 5.10 Å². The smallest absolute Gasteiger partial charge is 0.358 e. The molecule has 0 spiro atoms. The van der Waals surface area contributed by atoms with E-state index in [4.69, 9.17) is 4.74 Å². The first-order chi connectivity index (χ1) is 10.8. The molecule has 0 saturated carbocycles. The van der Waals surface area contributed by atoms with Gasteiger partial charge in [0.1, 0.15) is 6.54 Å². The van der Waals surface area contributed by atoms with Gasteiger partial charge in [-0.1, -0.05) is 0 Å². The van der Waals surface area contributed by atoms with E-state index in [1.165, 1.54) is 6.20 Å². The van der Waals surface area contributed by atoms with Crippen molar-refractivity contribution in [1.29, 1.82) is 0 Å². The van der Waals surface area contributed by atoms with Crippen molar-refractivity contribution in [2.45, 2.75) is 18.5 Å². The molecule has 0 fully saturated rings. The number of nitrogens with zero attached hydrogens (tertiary/aromatic N) is 3. The summed E-state index contributed by atoms with van der Waals surface area (Å²) >= 11 is 0. The molecule has 0 bridgehead atoms. The van der Waals surface area contributed by atoms with E-state index >= 15 is 0 Å². The molecule has 0 N–H and O–H groups in total. The van der Waals surface area contributed by atoms with Crippen molar-refractivity contribution in [3.8, 4) is 0 Å². The zero-order chi connectivity index (χ0) is 17.0. The number of aromatic nitrogens is 3. The number of carbonyl (C=O) groups excluding carboxylic acids is 2. The van der Waals surface area contributed by atoms with E-state index in [2.05, 4.69) is 28.8 Å². The minimum absolute atomic E-state index is 0.0741. The highest BCUT2D eigenvalue weighted by Crippen LogP contribution is 2.45. The molecule has 2 aromatic heterocycles. The first kappa shape index (κ1) is 17.2. The van der Waals surface area contributed by atoms with Crippen LogP contribution in [0.4, 0.5) is 0 Å². The van der Waals surface area contributed by atoms with Gasteiger partial charge < -0.3 is 4.74 Å². The van der Waals surface area contributed by atoms with Gasteiger partial charge >= 0.3 is 5.97 Å². The van der Waals surface area contributed by atoms with Crippen molar-refractivity contribution in [2.75, 3.05) is 25.4 Å². The first-order valence-corrected chi connectivity index (χ1v) is 10.0. The second kappa shape index (κ2) is 6.95. The third-order valence-electron chi connectivity index (χ3n) is 3.13. The fourth-order valence-electron chi connectivity index (χ4n) is 2.07. The maximum atomic E-state index is 12.4. The average Bonchev–Trinajstić information content (AvgIpc) is 2.92. The summed E-state index contributed by atoms with van der Waals surface area (Å²) in [5, 5.41) is 5.17. The molecule has 2 heterocycles. The molecule has 2 rings (SSSR count). The highest BCUT2D eigenvalue weighted by Gasteiger charge is 2.22. The molecule has 124 valence electrons. The Balaban J connectivity index is 2.33. The van der Waals surface area contributed by atoms with Crippen LogP contribution in [0.1, 0.15) is 27.8 Å². The summed E-state index contributed by atoms with van der Waals surface area (Å²) in [6, 6.07) is 5.16. The van der Waals surface area contributed by atoms with Crippen LogP contribution in [0.15, 0.2) is 35.6 Å². The number of pyridine rings is 1. The standard InChI is InChI=1S/C16H21N3O3S/c1-5-22-16(21)13-9-15(23(2,3)4)19(18-13)11-14(20)12-7-6-8-17-10-12/h6-10H,5,11H2,1-4H3. The number of ether oxygens (including phenoxy) is 1. The molecular formula is C16H21N3O3S. The van der Waals surface area contributed by atoms with E-state index in [9.17, 15) is 9.59 Å². The molecule has 0 atom stereocenters. The van der Waals surface area contributed by atoms with E-state index < -0.39 is 16.0 Å². The molecule has 0 aliphatic rings. The number of hydrogen-bond acceptors (Lipinski definition) is 5. The fraction of sp³-hybridized carbons (Fsp3) is 0.375. The Labute approximate surface area is 137 Å². The predicted molar refractivity (Wildman–Crippen MR) is 90.4 cm³/mol. The topological polar surface area (TPSA) is 74.1 Å². The van der Waals surface area contributed by atoms with Crippen molar-refractivity contribution in [2.24, 2.45) is 0 Å². The monoisotopic (exact) mass is 335 g/mol. The Morgan fingerprint density at radius 3 is 2.61 bits per heavy atom. The SMILES string of the molecule is CCOC(=O)c1cc(S(C)(C)C)n(CC(=O)c2cccnc2)n1. The number of carbonyl (C=O) groups is 2. The highest BCUT2D eigenvalue weighted by atomic mass is 32.3. The summed E-state index contributed by atoms with van der Waals surface area (Å²) in [5.41, 5.74) is 0.763. The quantitative estimate of drug-likeness (QED) is 0.598. The van der Waals surface area contributed by atoms with Gasteiger partial charge in [0, 0.05) is 24.0 Å². The lowest BCUT2D eigenvalue weighted by atomic mass is 10.2. The Hall–Kier alpha value is -2.15. The number of hydrogen-bond donors (Lipinski definition) is 0. The molecule has 0 amide bonds. The lowest BCUT2D eigenvalue weighted by molar-refractivity contribution is 0.0517. The van der Waals surface area contributed by atoms with E-state index in [-0.39, 0.29) is 24.6 Å². The molecule has 6 nitrogen and oxygen atoms in total. The number of Topliss-reactive ketones (excluding diaryl/α,β-unsaturated/α-hetero) is 1. The maximum absolute atomic E-state index is 12.4. The molecule has 7 heteroatoms. The van der Waals surface area contributed by atoms with Crippen molar-refractivity contribution in [3.05, 3.63) is 41.9 Å². The third kappa shape index (κ3) is 4.19. The van der Waals surface area contributed by atoms with Crippen LogP contribution >= 0.6 is 10.0 Å². The van der Waals surface area contributed by atoms with E-state index in [0.29, 0.717) is 5.56 Å². The van der Waals surface area contributed by atoms with Gasteiger partial charge in [0.25, 0.3) is 0 Å². The minimum Gasteiger partial charge on any atom is -0.461 e. The van der Waals surface area contributed by atoms with Crippen LogP contribution in [0, 0.1) is 0 Å². The largest absolute Gasteiger partial charge is 0.461 e. The minimum atomic E-state index is -1.16. The van der Waals surface area contributed by atoms with Gasteiger partial charge in [0.15, 0.2) is 11.5 Å². The van der Waals surface area contributed by atoms with Crippen LogP contribution < -0.4 is 0 Å². The van der Waals surface area contributed by atoms with Gasteiger partial charge in [0.05, 0.1) is 11.6 Å². The van der Waals surface area contributed by atoms with Crippen LogP contribution in [0.3, 0.4) is 0 Å². The summed E-state index contributed by atoms with van der Waals surface area (Å²) in [4.78, 5) is 28.3. The first-order valence-electron chi connectivity index (χ1n) is 7.19. The highest BCUT2D eigenvalue weighted by molar-refractivity contribution is 8.32. The average molecular weight is 335 g/mol. The molecule has 0 aromatic carbocycles. The van der Waals surface area contributed by atoms with Crippen LogP contribution in [0.2, 0.25) is 0 Å². The summed E-state index contributed by atoms with van der Waals surface area (Å²) in [6.07, 6.45) is 9.41. The Kier molecular flexibility index (Phi) is 5.20. The third-order valence-corrected chi connectivity index (χ3v) is 4.72. The predicted octanol–water partition coefficient (Wildman–Crippen LogP) is 2.39. The van der Waals surface area contributed by atoms with Crippen molar-refractivity contribution < 1.29 is 14.3 Å². The number of rotatable bonds is 6. The lowest BCUT2D eigenvalue weighted by Crippen LogP contribution is -2.16. The van der Waals surface area contributed by atoms with Crippen LogP contribution in [0.25, 0.3) is 0 Å². The number of esters is 1. The second-order valence-corrected chi connectivity index (χ2v) is 9.84. The fourth-order valence-corrected chi connectivity index (χ4v) is 3.27. The van der Waals surface area contributed by atoms with Crippen LogP contribution in [-0.2, 0) is 11.3 Å². The number of ketones is 1. The van der Waals surface area contributed by atoms with Gasteiger partial charge in [-0.25, -0.2) is 14.8 Å². The Morgan fingerprint density at radius 2 is 2.04 bits per heavy atom. The van der Waals surface area contributed by atoms with Crippen LogP contribution in [0.5, 0.6) is 0 Å². The van der Waals surface area contributed by atoms with Gasteiger partial charge in [-0.15, -0.1) is 0 Å². The molecule has 0 aliphatic carbocycles. The zero-order valence-electron chi connectivity index (χ0n) is 13.8. The van der Waals surface area contributed by atoms with E-state index in [1.807, 2.05) is 0 Å². The Bertz CT molecular complexity index is 705. The lowest BCUT2D eigenvalue weighted by Gasteiger charge is -2.25. The summed E-state index contributed by atoms with van der Waals surface area (Å²) in [6.45, 7) is 2.11. The molecule has 0 aliphatic heterocycles. The van der Waals surface area contributed by atoms with Gasteiger partial charge in [-0.05, 0) is 37.8 Å². The molecule has 2 aromatic rings. The van der Waals surface area contributed by atoms with Gasteiger partial charge in [0.2, 0.25) is 0 Å². The Morgan fingerprint density at radius 1 is 1.30 bits per heavy atom. The summed E-state index contributed by atoms with van der Waals surface area (Å²) in [5.74, 6) is -0.563. The summed E-state index contributed by atoms with van der Waals surface area (Å²) < 4.78 is 6.61. The van der Waals surface area contributed by atoms with Crippen molar-refractivity contribution in [1.82, 2.24) is 14.8 Å². The van der Waals surface area contributed by atoms with Crippen LogP contribution in [-0.4, -0.2) is 51.9 Å². The molecule has 23 heavy (non-hydrogen) atoms. The van der Waals surface area contributed by atoms with E-state index in [0.717, 1.165) is 5.03 Å². The summed E-state index contributed by atoms with van der Waals surface area (Å²) in [7, 11) is -1.16. The normalized spacial score (nSPS) is 12.0. The maximum Gasteiger partial charge on any atom is 0.358 e.